The summed E-state index contributed by atoms with van der Waals surface area (Å²) in [6.07, 6.45) is 0.213. The van der Waals surface area contributed by atoms with Crippen molar-refractivity contribution in [2.24, 2.45) is 7.05 Å². The predicted octanol–water partition coefficient (Wildman–Crippen LogP) is 4.76. The van der Waals surface area contributed by atoms with E-state index in [1.807, 2.05) is 27.8 Å². The van der Waals surface area contributed by atoms with E-state index >= 15 is 0 Å². The zero-order chi connectivity index (χ0) is 27.8. The van der Waals surface area contributed by atoms with Gasteiger partial charge in [-0.15, -0.1) is 5.10 Å². The Hall–Kier alpha value is -4.06. The molecule has 0 radical (unpaired) electrons. The summed E-state index contributed by atoms with van der Waals surface area (Å²) in [6.45, 7) is 9.15. The van der Waals surface area contributed by atoms with Gasteiger partial charge in [0.15, 0.2) is 0 Å². The number of carbonyl (C=O) groups excluding carboxylic acids is 1. The second kappa shape index (κ2) is 10.4. The van der Waals surface area contributed by atoms with Crippen molar-refractivity contribution in [2.75, 3.05) is 5.32 Å². The third kappa shape index (κ3) is 5.59. The Morgan fingerprint density at radius 2 is 1.84 bits per heavy atom. The molecule has 0 aliphatic carbocycles. The largest absolute Gasteiger partial charge is 0.416 e. The fourth-order valence-corrected chi connectivity index (χ4v) is 3.97. The Morgan fingerprint density at radius 3 is 2.47 bits per heavy atom. The minimum Gasteiger partial charge on any atom is -0.322 e. The predicted molar refractivity (Wildman–Crippen MR) is 137 cm³/mol. The van der Waals surface area contributed by atoms with Crippen molar-refractivity contribution in [3.8, 4) is 16.9 Å². The summed E-state index contributed by atoms with van der Waals surface area (Å²) in [6, 6.07) is 4.17. The lowest BCUT2D eigenvalue weighted by Gasteiger charge is -2.18. The van der Waals surface area contributed by atoms with Gasteiger partial charge in [0.1, 0.15) is 5.69 Å². The Bertz CT molecular complexity index is 1490. The Labute approximate surface area is 218 Å². The van der Waals surface area contributed by atoms with E-state index in [9.17, 15) is 18.0 Å². The highest BCUT2D eigenvalue weighted by Crippen LogP contribution is 2.35. The van der Waals surface area contributed by atoms with Gasteiger partial charge in [-0.3, -0.25) is 14.5 Å². The van der Waals surface area contributed by atoms with E-state index in [4.69, 9.17) is 0 Å². The summed E-state index contributed by atoms with van der Waals surface area (Å²) >= 11 is 0. The second-order valence-corrected chi connectivity index (χ2v) is 9.44. The highest BCUT2D eigenvalue weighted by molar-refractivity contribution is 6.04. The first-order valence-electron chi connectivity index (χ1n) is 12.0. The smallest absolute Gasteiger partial charge is 0.322 e. The van der Waals surface area contributed by atoms with Crippen LogP contribution in [0.5, 0.6) is 0 Å². The van der Waals surface area contributed by atoms with Gasteiger partial charge in [0.25, 0.3) is 5.91 Å². The van der Waals surface area contributed by atoms with Crippen molar-refractivity contribution < 1.29 is 18.0 Å². The molecule has 0 atom stereocenters. The van der Waals surface area contributed by atoms with Gasteiger partial charge in [0.2, 0.25) is 0 Å². The summed E-state index contributed by atoms with van der Waals surface area (Å²) in [5.74, 6) is -0.595. The third-order valence-corrected chi connectivity index (χ3v) is 6.35. The van der Waals surface area contributed by atoms with Crippen molar-refractivity contribution in [2.45, 2.75) is 53.4 Å². The van der Waals surface area contributed by atoms with Crippen LogP contribution in [0.3, 0.4) is 0 Å². The van der Waals surface area contributed by atoms with Gasteiger partial charge in [0, 0.05) is 42.8 Å². The maximum atomic E-state index is 13.7. The van der Waals surface area contributed by atoms with Crippen LogP contribution < -0.4 is 10.6 Å². The number of amides is 1. The summed E-state index contributed by atoms with van der Waals surface area (Å²) in [5.41, 5.74) is 3.44. The number of halogens is 3. The lowest BCUT2D eigenvalue weighted by Crippen LogP contribution is -2.23. The number of anilines is 1. The van der Waals surface area contributed by atoms with Crippen molar-refractivity contribution in [1.29, 1.82) is 0 Å². The molecule has 0 spiro atoms. The topological polar surface area (TPSA) is 103 Å². The number of benzene rings is 1. The van der Waals surface area contributed by atoms with E-state index in [-0.39, 0.29) is 29.4 Å². The maximum Gasteiger partial charge on any atom is 0.416 e. The van der Waals surface area contributed by atoms with E-state index in [1.165, 1.54) is 17.8 Å². The lowest BCUT2D eigenvalue weighted by atomic mass is 10.00. The average molecular weight is 527 g/mol. The fraction of sp³-hybridized carbons (Fsp3) is 0.346. The Balaban J connectivity index is 1.64. The first kappa shape index (κ1) is 27.0. The number of aromatic nitrogens is 6. The van der Waals surface area contributed by atoms with Crippen LogP contribution >= 0.6 is 0 Å². The molecule has 0 unspecified atom stereocenters. The molecule has 0 saturated carbocycles. The molecule has 0 aliphatic heterocycles. The van der Waals surface area contributed by atoms with Gasteiger partial charge in [0.05, 0.1) is 34.9 Å². The number of hydrogen-bond donors (Lipinski definition) is 2. The van der Waals surface area contributed by atoms with Gasteiger partial charge in [-0.05, 0) is 50.1 Å². The Morgan fingerprint density at radius 1 is 1.11 bits per heavy atom. The first-order valence-corrected chi connectivity index (χ1v) is 12.0. The van der Waals surface area contributed by atoms with E-state index in [0.29, 0.717) is 22.6 Å². The van der Waals surface area contributed by atoms with Gasteiger partial charge in [-0.1, -0.05) is 19.1 Å². The van der Waals surface area contributed by atoms with Crippen LogP contribution in [0.4, 0.5) is 18.9 Å². The molecule has 4 rings (SSSR count). The Kier molecular flexibility index (Phi) is 7.36. The standard InChI is InChI=1S/C26H29F3N8O/c1-14(2)30-10-18-7-20(9-22(15(18)3)26(27,28)29)33-25(38)19-8-24(16(4)31-11-19)37-13-23(34-35-37)21-12-32-36(6)17(21)5/h7-9,11-14,30H,10H2,1-6H3,(H,33,38). The van der Waals surface area contributed by atoms with E-state index in [2.05, 4.69) is 31.0 Å². The molecular weight excluding hydrogens is 497 g/mol. The first-order chi connectivity index (χ1) is 17.8. The van der Waals surface area contributed by atoms with Crippen LogP contribution in [0.25, 0.3) is 16.9 Å². The summed E-state index contributed by atoms with van der Waals surface area (Å²) < 4.78 is 44.5. The van der Waals surface area contributed by atoms with Crippen molar-refractivity contribution in [3.05, 3.63) is 70.4 Å². The molecule has 38 heavy (non-hydrogen) atoms. The van der Waals surface area contributed by atoms with Crippen molar-refractivity contribution in [3.63, 3.8) is 0 Å². The van der Waals surface area contributed by atoms with Gasteiger partial charge in [-0.2, -0.15) is 18.3 Å². The normalized spacial score (nSPS) is 11.8. The molecule has 1 aromatic carbocycles. The molecule has 0 bridgehead atoms. The number of hydrogen-bond acceptors (Lipinski definition) is 6. The third-order valence-electron chi connectivity index (χ3n) is 6.35. The SMILES string of the molecule is Cc1ncc(C(=O)Nc2cc(CNC(C)C)c(C)c(C(F)(F)F)c2)cc1-n1cc(-c2cnn(C)c2C)nn1. The summed E-state index contributed by atoms with van der Waals surface area (Å²) in [5, 5.41) is 18.4. The van der Waals surface area contributed by atoms with Gasteiger partial charge in [-0.25, -0.2) is 4.68 Å². The van der Waals surface area contributed by atoms with Crippen LogP contribution in [0.15, 0.2) is 36.8 Å². The zero-order valence-corrected chi connectivity index (χ0v) is 22.0. The molecule has 3 aromatic heterocycles. The number of nitrogens with one attached hydrogen (secondary N) is 2. The minimum absolute atomic E-state index is 0.0469. The van der Waals surface area contributed by atoms with Crippen molar-refractivity contribution >= 4 is 11.6 Å². The van der Waals surface area contributed by atoms with E-state index in [1.54, 1.807) is 36.1 Å². The monoisotopic (exact) mass is 526 g/mol. The van der Waals surface area contributed by atoms with Crippen molar-refractivity contribution in [1.82, 2.24) is 35.1 Å². The summed E-state index contributed by atoms with van der Waals surface area (Å²) in [4.78, 5) is 17.4. The van der Waals surface area contributed by atoms with Gasteiger partial charge < -0.3 is 10.6 Å². The number of rotatable bonds is 7. The molecule has 0 saturated heterocycles. The number of alkyl halides is 3. The quantitative estimate of drug-likeness (QED) is 0.360. The van der Waals surface area contributed by atoms with E-state index < -0.39 is 17.6 Å². The molecular formula is C26H29F3N8O. The average Bonchev–Trinajstić information content (AvgIpc) is 3.45. The zero-order valence-electron chi connectivity index (χ0n) is 22.0. The molecule has 2 N–H and O–H groups in total. The minimum atomic E-state index is -4.56. The van der Waals surface area contributed by atoms with Crippen LogP contribution in [-0.2, 0) is 19.8 Å². The molecule has 9 nitrogen and oxygen atoms in total. The molecule has 0 fully saturated rings. The lowest BCUT2D eigenvalue weighted by molar-refractivity contribution is -0.138. The van der Waals surface area contributed by atoms with Gasteiger partial charge >= 0.3 is 6.18 Å². The molecule has 1 amide bonds. The highest BCUT2D eigenvalue weighted by Gasteiger charge is 2.34. The fourth-order valence-electron chi connectivity index (χ4n) is 3.97. The maximum absolute atomic E-state index is 13.7. The molecule has 3 heterocycles. The van der Waals surface area contributed by atoms with Crippen LogP contribution in [0.2, 0.25) is 0 Å². The molecule has 200 valence electrons. The number of aryl methyl sites for hydroxylation is 2. The number of nitrogens with zero attached hydrogens (tertiary/aromatic N) is 6. The molecule has 4 aromatic rings. The second-order valence-electron chi connectivity index (χ2n) is 9.44. The number of pyridine rings is 1. The van der Waals surface area contributed by atoms with E-state index in [0.717, 1.165) is 17.3 Å². The summed E-state index contributed by atoms with van der Waals surface area (Å²) in [7, 11) is 1.83. The number of carbonyl (C=O) groups is 1. The highest BCUT2D eigenvalue weighted by atomic mass is 19.4. The van der Waals surface area contributed by atoms with Crippen LogP contribution in [0, 0.1) is 20.8 Å². The molecule has 0 aliphatic rings. The van der Waals surface area contributed by atoms with Crippen LogP contribution in [0.1, 0.15) is 52.3 Å². The molecule has 12 heteroatoms. The van der Waals surface area contributed by atoms with Crippen LogP contribution in [-0.4, -0.2) is 41.7 Å².